The molecular formula is C8H8ClNO4. The van der Waals surface area contributed by atoms with E-state index in [0.717, 1.165) is 0 Å². The Morgan fingerprint density at radius 2 is 2.21 bits per heavy atom. The van der Waals surface area contributed by atoms with Crippen LogP contribution in [0.1, 0.15) is 33.9 Å². The lowest BCUT2D eigenvalue weighted by atomic mass is 10.3. The number of carbonyl (C=O) groups is 2. The zero-order chi connectivity index (χ0) is 10.7. The van der Waals surface area contributed by atoms with Crippen molar-refractivity contribution >= 4 is 22.8 Å². The van der Waals surface area contributed by atoms with Gasteiger partial charge in [-0.1, -0.05) is 0 Å². The molecule has 6 heteroatoms. The maximum absolute atomic E-state index is 11.2. The second-order valence-electron chi connectivity index (χ2n) is 2.40. The summed E-state index contributed by atoms with van der Waals surface area (Å²) < 4.78 is 9.51. The number of halogens is 1. The lowest BCUT2D eigenvalue weighted by molar-refractivity contribution is 0.0516. The molecule has 0 aliphatic heterocycles. The first-order valence-corrected chi connectivity index (χ1v) is 4.28. The Morgan fingerprint density at radius 1 is 1.57 bits per heavy atom. The zero-order valence-corrected chi connectivity index (χ0v) is 8.42. The molecule has 1 aromatic rings. The van der Waals surface area contributed by atoms with Crippen molar-refractivity contribution in [2.24, 2.45) is 0 Å². The number of hydrogen-bond acceptors (Lipinski definition) is 5. The summed E-state index contributed by atoms with van der Waals surface area (Å²) in [5.74, 6) is -0.798. The normalized spacial score (nSPS) is 9.93. The Hall–Kier alpha value is -1.36. The standard InChI is InChI=1S/C8H8ClNO4/c1-3-13-8(12)5-6(7(9)11)14-4(2)10-5/h3H2,1-2H3. The van der Waals surface area contributed by atoms with Gasteiger partial charge >= 0.3 is 5.97 Å². The number of rotatable bonds is 3. The van der Waals surface area contributed by atoms with Gasteiger partial charge in [-0.3, -0.25) is 4.79 Å². The van der Waals surface area contributed by atoms with Crippen LogP contribution in [0.4, 0.5) is 0 Å². The summed E-state index contributed by atoms with van der Waals surface area (Å²) in [5, 5.41) is -0.867. The average molecular weight is 218 g/mol. The number of esters is 1. The van der Waals surface area contributed by atoms with E-state index in [-0.39, 0.29) is 24.0 Å². The highest BCUT2D eigenvalue weighted by molar-refractivity contribution is 6.67. The summed E-state index contributed by atoms with van der Waals surface area (Å²) in [6.45, 7) is 3.35. The topological polar surface area (TPSA) is 69.4 Å². The fourth-order valence-corrected chi connectivity index (χ4v) is 1.03. The van der Waals surface area contributed by atoms with E-state index >= 15 is 0 Å². The van der Waals surface area contributed by atoms with Crippen molar-refractivity contribution in [3.05, 3.63) is 17.3 Å². The molecule has 0 N–H and O–H groups in total. The largest absolute Gasteiger partial charge is 0.461 e. The molecule has 5 nitrogen and oxygen atoms in total. The van der Waals surface area contributed by atoms with Crippen molar-refractivity contribution in [2.75, 3.05) is 6.61 Å². The molecule has 0 radical (unpaired) electrons. The minimum atomic E-state index is -0.867. The quantitative estimate of drug-likeness (QED) is 0.567. The minimum absolute atomic E-state index is 0.177. The van der Waals surface area contributed by atoms with Crippen LogP contribution in [0, 0.1) is 6.92 Å². The second kappa shape index (κ2) is 4.23. The number of ether oxygens (including phenoxy) is 1. The molecule has 76 valence electrons. The molecule has 0 amide bonds. The van der Waals surface area contributed by atoms with Crippen LogP contribution >= 0.6 is 11.6 Å². The third-order valence-corrected chi connectivity index (χ3v) is 1.55. The maximum Gasteiger partial charge on any atom is 0.361 e. The molecule has 0 unspecified atom stereocenters. The van der Waals surface area contributed by atoms with Crippen LogP contribution in [0.2, 0.25) is 0 Å². The number of carbonyl (C=O) groups excluding carboxylic acids is 2. The van der Waals surface area contributed by atoms with Gasteiger partial charge in [-0.05, 0) is 18.5 Å². The number of nitrogens with zero attached hydrogens (tertiary/aromatic N) is 1. The van der Waals surface area contributed by atoms with Crippen molar-refractivity contribution < 1.29 is 18.7 Å². The van der Waals surface area contributed by atoms with Crippen molar-refractivity contribution in [3.63, 3.8) is 0 Å². The molecule has 1 heterocycles. The van der Waals surface area contributed by atoms with E-state index in [1.54, 1.807) is 6.92 Å². The van der Waals surface area contributed by atoms with Crippen LogP contribution in [-0.2, 0) is 4.74 Å². The third-order valence-electron chi connectivity index (χ3n) is 1.38. The van der Waals surface area contributed by atoms with Crippen molar-refractivity contribution in [1.29, 1.82) is 0 Å². The van der Waals surface area contributed by atoms with Gasteiger partial charge in [-0.25, -0.2) is 9.78 Å². The average Bonchev–Trinajstić information content (AvgIpc) is 2.48. The maximum atomic E-state index is 11.2. The molecule has 1 rings (SSSR count). The van der Waals surface area contributed by atoms with Gasteiger partial charge in [0.25, 0.3) is 5.24 Å². The lowest BCUT2D eigenvalue weighted by Crippen LogP contribution is -2.08. The van der Waals surface area contributed by atoms with Gasteiger partial charge in [-0.2, -0.15) is 0 Å². The highest BCUT2D eigenvalue weighted by Gasteiger charge is 2.23. The molecule has 1 aromatic heterocycles. The van der Waals surface area contributed by atoms with Crippen LogP contribution < -0.4 is 0 Å². The van der Waals surface area contributed by atoms with Gasteiger partial charge in [0.1, 0.15) is 0 Å². The number of oxazole rings is 1. The number of hydrogen-bond donors (Lipinski definition) is 0. The Balaban J connectivity index is 3.06. The molecule has 14 heavy (non-hydrogen) atoms. The molecule has 0 bridgehead atoms. The molecule has 0 atom stereocenters. The molecule has 0 aliphatic carbocycles. The first-order chi connectivity index (χ1) is 6.56. The van der Waals surface area contributed by atoms with Crippen molar-refractivity contribution in [1.82, 2.24) is 4.98 Å². The fraction of sp³-hybridized carbons (Fsp3) is 0.375. The van der Waals surface area contributed by atoms with E-state index in [0.29, 0.717) is 0 Å². The molecule has 0 saturated carbocycles. The van der Waals surface area contributed by atoms with Gasteiger partial charge in [0, 0.05) is 6.92 Å². The Morgan fingerprint density at radius 3 is 2.71 bits per heavy atom. The van der Waals surface area contributed by atoms with Crippen LogP contribution in [0.5, 0.6) is 0 Å². The van der Waals surface area contributed by atoms with Gasteiger partial charge in [0.2, 0.25) is 5.76 Å². The van der Waals surface area contributed by atoms with Crippen LogP contribution in [-0.4, -0.2) is 22.8 Å². The summed E-state index contributed by atoms with van der Waals surface area (Å²) in [5.41, 5.74) is -0.177. The summed E-state index contributed by atoms with van der Waals surface area (Å²) in [6.07, 6.45) is 0. The molecule has 0 spiro atoms. The first-order valence-electron chi connectivity index (χ1n) is 3.90. The fourth-order valence-electron chi connectivity index (χ4n) is 0.898. The summed E-state index contributed by atoms with van der Waals surface area (Å²) >= 11 is 5.19. The van der Waals surface area contributed by atoms with E-state index < -0.39 is 11.2 Å². The molecular weight excluding hydrogens is 210 g/mol. The Kier molecular flexibility index (Phi) is 3.24. The van der Waals surface area contributed by atoms with E-state index in [2.05, 4.69) is 9.72 Å². The third kappa shape index (κ3) is 2.11. The van der Waals surface area contributed by atoms with E-state index in [4.69, 9.17) is 16.0 Å². The Bertz CT molecular complexity index is 371. The monoisotopic (exact) mass is 217 g/mol. The number of aromatic nitrogens is 1. The van der Waals surface area contributed by atoms with Gasteiger partial charge in [0.05, 0.1) is 6.61 Å². The lowest BCUT2D eigenvalue weighted by Gasteiger charge is -1.96. The van der Waals surface area contributed by atoms with E-state index in [9.17, 15) is 9.59 Å². The predicted octanol–water partition coefficient (Wildman–Crippen LogP) is 1.54. The zero-order valence-electron chi connectivity index (χ0n) is 7.67. The highest BCUT2D eigenvalue weighted by Crippen LogP contribution is 2.14. The van der Waals surface area contributed by atoms with Crippen LogP contribution in [0.15, 0.2) is 4.42 Å². The van der Waals surface area contributed by atoms with Gasteiger partial charge in [-0.15, -0.1) is 0 Å². The smallest absolute Gasteiger partial charge is 0.361 e. The van der Waals surface area contributed by atoms with Crippen molar-refractivity contribution in [2.45, 2.75) is 13.8 Å². The summed E-state index contributed by atoms with van der Waals surface area (Å²) in [6, 6.07) is 0. The van der Waals surface area contributed by atoms with Gasteiger partial charge < -0.3 is 9.15 Å². The second-order valence-corrected chi connectivity index (χ2v) is 2.75. The molecule has 0 aliphatic rings. The number of aryl methyl sites for hydroxylation is 1. The van der Waals surface area contributed by atoms with Gasteiger partial charge in [0.15, 0.2) is 11.6 Å². The van der Waals surface area contributed by atoms with Crippen molar-refractivity contribution in [3.8, 4) is 0 Å². The molecule has 0 saturated heterocycles. The summed E-state index contributed by atoms with van der Waals surface area (Å²) in [7, 11) is 0. The molecule has 0 aromatic carbocycles. The highest BCUT2D eigenvalue weighted by atomic mass is 35.5. The minimum Gasteiger partial charge on any atom is -0.461 e. The predicted molar refractivity (Wildman–Crippen MR) is 47.4 cm³/mol. The summed E-state index contributed by atoms with van der Waals surface area (Å²) in [4.78, 5) is 25.7. The first kappa shape index (κ1) is 10.7. The SMILES string of the molecule is CCOC(=O)c1nc(C)oc1C(=O)Cl. The van der Waals surface area contributed by atoms with E-state index in [1.165, 1.54) is 6.92 Å². The van der Waals surface area contributed by atoms with E-state index in [1.807, 2.05) is 0 Å². The van der Waals surface area contributed by atoms with Crippen LogP contribution in [0.3, 0.4) is 0 Å². The molecule has 0 fully saturated rings. The van der Waals surface area contributed by atoms with Crippen LogP contribution in [0.25, 0.3) is 0 Å². The Labute approximate surface area is 85.0 Å².